The minimum Gasteiger partial charge on any atom is -0.493 e. The lowest BCUT2D eigenvalue weighted by Gasteiger charge is -2.14. The fourth-order valence-electron chi connectivity index (χ4n) is 1.75. The van der Waals surface area contributed by atoms with Gasteiger partial charge in [0.2, 0.25) is 0 Å². The zero-order chi connectivity index (χ0) is 12.0. The average Bonchev–Trinajstić information content (AvgIpc) is 2.34. The quantitative estimate of drug-likeness (QED) is 0.806. The van der Waals surface area contributed by atoms with Crippen molar-refractivity contribution in [2.45, 2.75) is 25.7 Å². The highest BCUT2D eigenvalue weighted by molar-refractivity contribution is 5.43. The second-order valence-electron chi connectivity index (χ2n) is 3.95. The van der Waals surface area contributed by atoms with Gasteiger partial charge in [-0.3, -0.25) is 0 Å². The molecule has 0 aromatic heterocycles. The van der Waals surface area contributed by atoms with Crippen LogP contribution >= 0.6 is 0 Å². The molecule has 1 unspecified atom stereocenters. The lowest BCUT2D eigenvalue weighted by Crippen LogP contribution is -2.02. The monoisotopic (exact) mass is 223 g/mol. The largest absolute Gasteiger partial charge is 0.493 e. The third kappa shape index (κ3) is 3.14. The van der Waals surface area contributed by atoms with E-state index in [9.17, 15) is 0 Å². The van der Waals surface area contributed by atoms with Crippen molar-refractivity contribution in [2.24, 2.45) is 5.73 Å². The van der Waals surface area contributed by atoms with Crippen molar-refractivity contribution in [3.8, 4) is 11.5 Å². The Labute approximate surface area is 97.6 Å². The molecule has 0 heterocycles. The fourth-order valence-corrected chi connectivity index (χ4v) is 1.75. The molecule has 0 amide bonds. The van der Waals surface area contributed by atoms with Gasteiger partial charge in [-0.25, -0.2) is 0 Å². The van der Waals surface area contributed by atoms with Crippen LogP contribution in [0.1, 0.15) is 31.2 Å². The first-order chi connectivity index (χ1) is 7.72. The summed E-state index contributed by atoms with van der Waals surface area (Å²) in [7, 11) is 3.31. The molecule has 1 aromatic carbocycles. The summed E-state index contributed by atoms with van der Waals surface area (Å²) in [6.45, 7) is 2.95. The molecule has 1 atom stereocenters. The molecule has 0 aliphatic rings. The third-order valence-corrected chi connectivity index (χ3v) is 2.82. The van der Waals surface area contributed by atoms with Crippen molar-refractivity contribution in [3.05, 3.63) is 23.8 Å². The number of nitrogens with two attached hydrogens (primary N) is 1. The standard InChI is InChI=1S/C13H21NO2/c1-10(5-4-8-14)11-6-7-12(15-2)13(9-11)16-3/h6-7,9-10H,4-5,8,14H2,1-3H3. The van der Waals surface area contributed by atoms with Crippen LogP contribution in [0.15, 0.2) is 18.2 Å². The van der Waals surface area contributed by atoms with E-state index in [4.69, 9.17) is 15.2 Å². The summed E-state index contributed by atoms with van der Waals surface area (Å²) in [4.78, 5) is 0. The molecule has 2 N–H and O–H groups in total. The Hall–Kier alpha value is -1.22. The Kier molecular flexibility index (Phi) is 5.12. The summed E-state index contributed by atoms with van der Waals surface area (Å²) >= 11 is 0. The molecule has 3 heteroatoms. The summed E-state index contributed by atoms with van der Waals surface area (Å²) in [5.74, 6) is 2.07. The van der Waals surface area contributed by atoms with E-state index in [1.54, 1.807) is 14.2 Å². The van der Waals surface area contributed by atoms with Crippen LogP contribution < -0.4 is 15.2 Å². The van der Waals surface area contributed by atoms with Gasteiger partial charge < -0.3 is 15.2 Å². The zero-order valence-corrected chi connectivity index (χ0v) is 10.3. The highest BCUT2D eigenvalue weighted by Gasteiger charge is 2.09. The molecular weight excluding hydrogens is 202 g/mol. The molecule has 0 spiro atoms. The Bertz CT molecular complexity index is 326. The van der Waals surface area contributed by atoms with Crippen LogP contribution in [0.5, 0.6) is 11.5 Å². The maximum absolute atomic E-state index is 5.51. The molecule has 0 aliphatic heterocycles. The van der Waals surface area contributed by atoms with Gasteiger partial charge >= 0.3 is 0 Å². The van der Waals surface area contributed by atoms with E-state index in [0.717, 1.165) is 30.9 Å². The van der Waals surface area contributed by atoms with Gasteiger partial charge in [0.25, 0.3) is 0 Å². The summed E-state index contributed by atoms with van der Waals surface area (Å²) < 4.78 is 10.5. The van der Waals surface area contributed by atoms with Crippen LogP contribution in [0.25, 0.3) is 0 Å². The van der Waals surface area contributed by atoms with Gasteiger partial charge in [0.15, 0.2) is 11.5 Å². The average molecular weight is 223 g/mol. The van der Waals surface area contributed by atoms with E-state index in [2.05, 4.69) is 13.0 Å². The Morgan fingerprint density at radius 3 is 2.44 bits per heavy atom. The molecule has 0 radical (unpaired) electrons. The third-order valence-electron chi connectivity index (χ3n) is 2.82. The highest BCUT2D eigenvalue weighted by atomic mass is 16.5. The zero-order valence-electron chi connectivity index (χ0n) is 10.3. The summed E-state index contributed by atoms with van der Waals surface area (Å²) in [6.07, 6.45) is 2.15. The number of hydrogen-bond acceptors (Lipinski definition) is 3. The van der Waals surface area contributed by atoms with E-state index in [1.165, 1.54) is 5.56 Å². The minimum absolute atomic E-state index is 0.503. The topological polar surface area (TPSA) is 44.5 Å². The number of methoxy groups -OCH3 is 2. The fraction of sp³-hybridized carbons (Fsp3) is 0.538. The number of ether oxygens (including phenoxy) is 2. The molecule has 90 valence electrons. The highest BCUT2D eigenvalue weighted by Crippen LogP contribution is 2.31. The second kappa shape index (κ2) is 6.38. The Balaban J connectivity index is 2.81. The van der Waals surface area contributed by atoms with Crippen molar-refractivity contribution < 1.29 is 9.47 Å². The van der Waals surface area contributed by atoms with Crippen molar-refractivity contribution in [2.75, 3.05) is 20.8 Å². The number of hydrogen-bond donors (Lipinski definition) is 1. The molecule has 0 aliphatic carbocycles. The Morgan fingerprint density at radius 2 is 1.88 bits per heavy atom. The summed E-state index contributed by atoms with van der Waals surface area (Å²) in [6, 6.07) is 6.08. The van der Waals surface area contributed by atoms with Gasteiger partial charge in [-0.1, -0.05) is 13.0 Å². The lowest BCUT2D eigenvalue weighted by atomic mass is 9.96. The molecule has 0 bridgehead atoms. The van der Waals surface area contributed by atoms with Gasteiger partial charge in [-0.05, 0) is 43.0 Å². The number of rotatable bonds is 6. The van der Waals surface area contributed by atoms with Gasteiger partial charge in [-0.15, -0.1) is 0 Å². The Morgan fingerprint density at radius 1 is 1.19 bits per heavy atom. The van der Waals surface area contributed by atoms with E-state index in [-0.39, 0.29) is 0 Å². The van der Waals surface area contributed by atoms with Crippen molar-refractivity contribution in [1.29, 1.82) is 0 Å². The first-order valence-electron chi connectivity index (χ1n) is 5.65. The van der Waals surface area contributed by atoms with E-state index < -0.39 is 0 Å². The maximum Gasteiger partial charge on any atom is 0.160 e. The minimum atomic E-state index is 0.503. The summed E-state index contributed by atoms with van der Waals surface area (Å²) in [5.41, 5.74) is 6.78. The molecular formula is C13H21NO2. The van der Waals surface area contributed by atoms with Crippen LogP contribution in [0.3, 0.4) is 0 Å². The van der Waals surface area contributed by atoms with Crippen LogP contribution in [-0.4, -0.2) is 20.8 Å². The molecule has 3 nitrogen and oxygen atoms in total. The van der Waals surface area contributed by atoms with Crippen molar-refractivity contribution >= 4 is 0 Å². The number of benzene rings is 1. The van der Waals surface area contributed by atoms with Crippen molar-refractivity contribution in [3.63, 3.8) is 0 Å². The van der Waals surface area contributed by atoms with E-state index in [1.807, 2.05) is 12.1 Å². The van der Waals surface area contributed by atoms with Crippen molar-refractivity contribution in [1.82, 2.24) is 0 Å². The van der Waals surface area contributed by atoms with Gasteiger partial charge in [0.05, 0.1) is 14.2 Å². The molecule has 1 rings (SSSR count). The smallest absolute Gasteiger partial charge is 0.160 e. The SMILES string of the molecule is COc1ccc(C(C)CCCN)cc1OC. The van der Waals surface area contributed by atoms with E-state index in [0.29, 0.717) is 5.92 Å². The predicted molar refractivity (Wildman–Crippen MR) is 66.2 cm³/mol. The summed E-state index contributed by atoms with van der Waals surface area (Å²) in [5, 5.41) is 0. The first kappa shape index (κ1) is 12.8. The molecule has 0 saturated carbocycles. The van der Waals surface area contributed by atoms with E-state index >= 15 is 0 Å². The van der Waals surface area contributed by atoms with Gasteiger partial charge in [-0.2, -0.15) is 0 Å². The van der Waals surface area contributed by atoms with Gasteiger partial charge in [0.1, 0.15) is 0 Å². The molecule has 0 saturated heterocycles. The molecule has 0 fully saturated rings. The molecule has 1 aromatic rings. The predicted octanol–water partition coefficient (Wildman–Crippen LogP) is 2.55. The maximum atomic E-state index is 5.51. The van der Waals surface area contributed by atoms with Crippen LogP contribution in [0.2, 0.25) is 0 Å². The van der Waals surface area contributed by atoms with Gasteiger partial charge in [0, 0.05) is 0 Å². The van der Waals surface area contributed by atoms with Crippen LogP contribution in [0, 0.1) is 0 Å². The first-order valence-corrected chi connectivity index (χ1v) is 5.65. The normalized spacial score (nSPS) is 12.2. The second-order valence-corrected chi connectivity index (χ2v) is 3.95. The van der Waals surface area contributed by atoms with Crippen LogP contribution in [0.4, 0.5) is 0 Å². The van der Waals surface area contributed by atoms with Crippen LogP contribution in [-0.2, 0) is 0 Å². The molecule has 16 heavy (non-hydrogen) atoms. The lowest BCUT2D eigenvalue weighted by molar-refractivity contribution is 0.354.